The van der Waals surface area contributed by atoms with Crippen LogP contribution in [0.15, 0.2) is 143 Å². The lowest BCUT2D eigenvalue weighted by atomic mass is 9.93. The Balaban J connectivity index is 1.01. The second-order valence-electron chi connectivity index (χ2n) is 12.9. The van der Waals surface area contributed by atoms with Gasteiger partial charge in [0.15, 0.2) is 11.2 Å². The van der Waals surface area contributed by atoms with Gasteiger partial charge in [-0.15, -0.1) is 0 Å². The molecule has 0 radical (unpaired) electrons. The number of nitrogens with one attached hydrogen (secondary N) is 2. The molecule has 0 aliphatic carbocycles. The molecule has 0 saturated heterocycles. The van der Waals surface area contributed by atoms with Crippen LogP contribution in [0.5, 0.6) is 0 Å². The lowest BCUT2D eigenvalue weighted by Crippen LogP contribution is -1.98. The molecule has 0 aliphatic heterocycles. The van der Waals surface area contributed by atoms with Gasteiger partial charge < -0.3 is 17.9 Å². The summed E-state index contributed by atoms with van der Waals surface area (Å²) in [5, 5.41) is 8.51. The maximum Gasteiger partial charge on any atom is 0.417 e. The lowest BCUT2D eigenvalue weighted by molar-refractivity contribution is 0.385. The topological polar surface area (TPSA) is 209 Å². The molecule has 10 aromatic rings. The van der Waals surface area contributed by atoms with Crippen molar-refractivity contribution in [3.63, 3.8) is 0 Å². The number of fused-ring (bicyclic) bond motifs is 2. The van der Waals surface area contributed by atoms with E-state index >= 15 is 0 Å². The molecular formula is C41H25N9O6. The fourth-order valence-corrected chi connectivity index (χ4v) is 6.78. The highest BCUT2D eigenvalue weighted by molar-refractivity contribution is 6.01. The highest BCUT2D eigenvalue weighted by Gasteiger charge is 2.23. The molecule has 0 atom stereocenters. The van der Waals surface area contributed by atoms with Crippen molar-refractivity contribution >= 4 is 22.2 Å². The number of aromatic amines is 2. The summed E-state index contributed by atoms with van der Waals surface area (Å²) in [5.74, 6) is 0.170. The molecule has 0 fully saturated rings. The standard InChI is InChI=1S/C41H25N9O6/c51-40-45-31-16-22(17-33-46-38(49-55-33)27-8-4-6-24(19-27)30-12-14-42-21-44-30)15-28(37(31)54-40)35-25(10-11-32-36(35)48-41(52)53-32)20-34-47-39(50-56-34)26-7-3-5-23(18-26)29-9-1-2-13-43-29/h1-16,18-19,21H,17,20H2,(H,45,51)(H,48,52). The Morgan fingerprint density at radius 3 is 2.04 bits per heavy atom. The molecule has 15 nitrogen and oxygen atoms in total. The van der Waals surface area contributed by atoms with E-state index in [1.54, 1.807) is 24.5 Å². The molecule has 6 aromatic heterocycles. The fourth-order valence-electron chi connectivity index (χ4n) is 6.78. The maximum atomic E-state index is 12.6. The molecule has 2 N–H and O–H groups in total. The number of nitrogens with zero attached hydrogens (tertiary/aromatic N) is 7. The van der Waals surface area contributed by atoms with Gasteiger partial charge in [-0.2, -0.15) is 9.97 Å². The van der Waals surface area contributed by atoms with Crippen LogP contribution in [-0.4, -0.2) is 45.2 Å². The van der Waals surface area contributed by atoms with Gasteiger partial charge in [0.25, 0.3) is 0 Å². The minimum absolute atomic E-state index is 0.174. The molecule has 15 heteroatoms. The zero-order valence-corrected chi connectivity index (χ0v) is 29.0. The van der Waals surface area contributed by atoms with Gasteiger partial charge in [-0.25, -0.2) is 19.6 Å². The molecule has 10 rings (SSSR count). The van der Waals surface area contributed by atoms with E-state index in [4.69, 9.17) is 22.9 Å². The Morgan fingerprint density at radius 1 is 0.607 bits per heavy atom. The largest absolute Gasteiger partial charge is 0.417 e. The Labute approximate surface area is 313 Å². The molecule has 0 bridgehead atoms. The molecule has 0 saturated carbocycles. The van der Waals surface area contributed by atoms with Crippen LogP contribution in [-0.2, 0) is 12.8 Å². The van der Waals surface area contributed by atoms with Crippen LogP contribution < -0.4 is 11.5 Å². The first-order valence-corrected chi connectivity index (χ1v) is 17.4. The van der Waals surface area contributed by atoms with Gasteiger partial charge in [0.2, 0.25) is 23.4 Å². The number of rotatable bonds is 9. The summed E-state index contributed by atoms with van der Waals surface area (Å²) >= 11 is 0. The highest BCUT2D eigenvalue weighted by Crippen LogP contribution is 2.38. The second kappa shape index (κ2) is 13.4. The average molecular weight is 740 g/mol. The number of pyridine rings is 1. The zero-order chi connectivity index (χ0) is 37.6. The summed E-state index contributed by atoms with van der Waals surface area (Å²) in [6.07, 6.45) is 5.30. The molecule has 0 aliphatic rings. The van der Waals surface area contributed by atoms with Gasteiger partial charge in [0, 0.05) is 45.8 Å². The van der Waals surface area contributed by atoms with Crippen molar-refractivity contribution in [2.45, 2.75) is 12.8 Å². The zero-order valence-electron chi connectivity index (χ0n) is 29.0. The molecule has 4 aromatic carbocycles. The average Bonchev–Trinajstić information content (AvgIpc) is 4.05. The number of H-pyrrole nitrogens is 2. The van der Waals surface area contributed by atoms with Crippen LogP contribution >= 0.6 is 0 Å². The Kier molecular flexibility index (Phi) is 7.80. The molecular weight excluding hydrogens is 715 g/mol. The first kappa shape index (κ1) is 32.6. The van der Waals surface area contributed by atoms with Crippen LogP contribution in [0.4, 0.5) is 0 Å². The van der Waals surface area contributed by atoms with Gasteiger partial charge >= 0.3 is 11.5 Å². The minimum atomic E-state index is -0.647. The van der Waals surface area contributed by atoms with Crippen molar-refractivity contribution in [3.05, 3.63) is 160 Å². The molecule has 270 valence electrons. The first-order chi connectivity index (χ1) is 27.5. The van der Waals surface area contributed by atoms with E-state index in [0.717, 1.165) is 39.2 Å². The number of aromatic nitrogens is 9. The molecule has 56 heavy (non-hydrogen) atoms. The number of oxazole rings is 2. The fraction of sp³-hybridized carbons (Fsp3) is 0.0488. The molecule has 0 amide bonds. The van der Waals surface area contributed by atoms with E-state index in [2.05, 4.69) is 40.2 Å². The van der Waals surface area contributed by atoms with Crippen molar-refractivity contribution < 1.29 is 17.9 Å². The van der Waals surface area contributed by atoms with Crippen LogP contribution in [0.25, 0.3) is 78.6 Å². The van der Waals surface area contributed by atoms with Crippen molar-refractivity contribution in [1.29, 1.82) is 0 Å². The maximum absolute atomic E-state index is 12.6. The van der Waals surface area contributed by atoms with E-state index in [9.17, 15) is 9.59 Å². The third-order valence-corrected chi connectivity index (χ3v) is 9.25. The van der Waals surface area contributed by atoms with E-state index in [0.29, 0.717) is 56.7 Å². The van der Waals surface area contributed by atoms with Crippen molar-refractivity contribution in [2.24, 2.45) is 0 Å². The SMILES string of the molecule is O=c1[nH]c2c(-c3cc(Cc4nc(-c5cccc(-c6ccncn6)c5)no4)cc4[nH]c(=O)oc34)c(Cc3nc(-c4cccc(-c5ccccn5)c4)no3)ccc2o1. The molecule has 0 unspecified atom stereocenters. The summed E-state index contributed by atoms with van der Waals surface area (Å²) in [4.78, 5) is 52.9. The predicted octanol–water partition coefficient (Wildman–Crippen LogP) is 7.02. The van der Waals surface area contributed by atoms with Crippen molar-refractivity contribution in [2.75, 3.05) is 0 Å². The van der Waals surface area contributed by atoms with E-state index in [1.807, 2.05) is 84.9 Å². The van der Waals surface area contributed by atoms with Crippen molar-refractivity contribution in [3.8, 4) is 56.4 Å². The third-order valence-electron chi connectivity index (χ3n) is 9.25. The summed E-state index contributed by atoms with van der Waals surface area (Å²) in [6, 6.07) is 30.0. The van der Waals surface area contributed by atoms with Crippen LogP contribution in [0.3, 0.4) is 0 Å². The van der Waals surface area contributed by atoms with Crippen LogP contribution in [0.1, 0.15) is 22.9 Å². The van der Waals surface area contributed by atoms with E-state index < -0.39 is 11.5 Å². The summed E-state index contributed by atoms with van der Waals surface area (Å²) in [7, 11) is 0. The van der Waals surface area contributed by atoms with Crippen molar-refractivity contribution in [1.82, 2.24) is 45.2 Å². The minimum Gasteiger partial charge on any atom is -0.408 e. The van der Waals surface area contributed by atoms with Crippen LogP contribution in [0, 0.1) is 0 Å². The first-order valence-electron chi connectivity index (χ1n) is 17.4. The van der Waals surface area contributed by atoms with Gasteiger partial charge in [0.1, 0.15) is 6.33 Å². The lowest BCUT2D eigenvalue weighted by Gasteiger charge is -2.11. The third kappa shape index (κ3) is 6.14. The van der Waals surface area contributed by atoms with Gasteiger partial charge in [-0.1, -0.05) is 58.8 Å². The van der Waals surface area contributed by atoms with Gasteiger partial charge in [0.05, 0.1) is 35.3 Å². The van der Waals surface area contributed by atoms with Crippen LogP contribution in [0.2, 0.25) is 0 Å². The second-order valence-corrected chi connectivity index (χ2v) is 12.9. The van der Waals surface area contributed by atoms with Gasteiger partial charge in [-0.3, -0.25) is 15.0 Å². The Bertz CT molecular complexity index is 3160. The summed E-state index contributed by atoms with van der Waals surface area (Å²) in [5.41, 5.74) is 8.77. The van der Waals surface area contributed by atoms with E-state index in [-0.39, 0.29) is 18.4 Å². The number of hydrogen-bond acceptors (Lipinski definition) is 13. The molecule has 0 spiro atoms. The number of benzene rings is 4. The summed E-state index contributed by atoms with van der Waals surface area (Å²) < 4.78 is 22.6. The highest BCUT2D eigenvalue weighted by atomic mass is 16.5. The molecule has 6 heterocycles. The van der Waals surface area contributed by atoms with Gasteiger partial charge in [-0.05, 0) is 59.7 Å². The Hall–Kier alpha value is -8.07. The van der Waals surface area contributed by atoms with E-state index in [1.165, 1.54) is 6.33 Å². The smallest absolute Gasteiger partial charge is 0.408 e. The number of hydrogen-bond donors (Lipinski definition) is 2. The Morgan fingerprint density at radius 2 is 1.32 bits per heavy atom. The normalized spacial score (nSPS) is 11.5. The summed E-state index contributed by atoms with van der Waals surface area (Å²) in [6.45, 7) is 0. The predicted molar refractivity (Wildman–Crippen MR) is 202 cm³/mol. The monoisotopic (exact) mass is 739 g/mol. The quantitative estimate of drug-likeness (QED) is 0.153.